The fourth-order valence-corrected chi connectivity index (χ4v) is 3.18. The van der Waals surface area contributed by atoms with Crippen LogP contribution < -0.4 is 20.1 Å². The van der Waals surface area contributed by atoms with Crippen LogP contribution >= 0.6 is 0 Å². The van der Waals surface area contributed by atoms with Gasteiger partial charge in [-0.3, -0.25) is 14.4 Å². The van der Waals surface area contributed by atoms with Crippen molar-refractivity contribution in [3.8, 4) is 11.5 Å². The molecule has 2 amide bonds. The highest BCUT2D eigenvalue weighted by Gasteiger charge is 2.12. The monoisotopic (exact) mass is 446 g/mol. The zero-order valence-electron chi connectivity index (χ0n) is 18.6. The normalized spacial score (nSPS) is 10.2. The molecular weight excluding hydrogens is 420 g/mol. The molecule has 7 heteroatoms. The lowest BCUT2D eigenvalue weighted by molar-refractivity contribution is -0.131. The summed E-state index contributed by atoms with van der Waals surface area (Å²) in [6, 6.07) is 21.1. The molecule has 0 aliphatic carbocycles. The molecule has 0 atom stereocenters. The van der Waals surface area contributed by atoms with Gasteiger partial charge >= 0.3 is 5.97 Å². The van der Waals surface area contributed by atoms with Gasteiger partial charge in [0, 0.05) is 24.7 Å². The average Bonchev–Trinajstić information content (AvgIpc) is 2.82. The molecule has 3 aromatic rings. The molecule has 0 heterocycles. The molecular formula is C26H26N2O5. The van der Waals surface area contributed by atoms with E-state index in [4.69, 9.17) is 9.47 Å². The van der Waals surface area contributed by atoms with Crippen molar-refractivity contribution in [3.05, 3.63) is 89.5 Å². The lowest BCUT2D eigenvalue weighted by Gasteiger charge is -2.13. The van der Waals surface area contributed by atoms with Crippen LogP contribution in [0, 0.1) is 0 Å². The maximum absolute atomic E-state index is 12.7. The van der Waals surface area contributed by atoms with E-state index in [-0.39, 0.29) is 25.0 Å². The van der Waals surface area contributed by atoms with Gasteiger partial charge in [-0.15, -0.1) is 0 Å². The fourth-order valence-electron chi connectivity index (χ4n) is 3.18. The lowest BCUT2D eigenvalue weighted by atomic mass is 10.1. The Labute approximate surface area is 192 Å². The Morgan fingerprint density at radius 3 is 2.36 bits per heavy atom. The van der Waals surface area contributed by atoms with E-state index in [0.29, 0.717) is 22.7 Å². The van der Waals surface area contributed by atoms with Gasteiger partial charge in [0.1, 0.15) is 11.5 Å². The highest BCUT2D eigenvalue weighted by molar-refractivity contribution is 6.05. The lowest BCUT2D eigenvalue weighted by Crippen LogP contribution is -2.29. The number of carbonyl (C=O) groups excluding carboxylic acids is 3. The van der Waals surface area contributed by atoms with Gasteiger partial charge in [0.05, 0.1) is 0 Å². The highest BCUT2D eigenvalue weighted by Crippen LogP contribution is 2.20. The summed E-state index contributed by atoms with van der Waals surface area (Å²) in [5.41, 5.74) is 2.69. The predicted molar refractivity (Wildman–Crippen MR) is 125 cm³/mol. The molecule has 0 radical (unpaired) electrons. The number of amides is 2. The standard InChI is InChI=1S/C26H26N2O5/c1-3-19-9-5-7-14-24(19)32-17-25(30)27-16-21-10-4-6-13-23(21)28-26(31)20-11-8-12-22(15-20)33-18(2)29/h4-15H,3,16-17H2,1-2H3,(H,27,30)(H,28,31). The van der Waals surface area contributed by atoms with Gasteiger partial charge in [-0.2, -0.15) is 0 Å². The van der Waals surface area contributed by atoms with Crippen molar-refractivity contribution in [3.63, 3.8) is 0 Å². The summed E-state index contributed by atoms with van der Waals surface area (Å²) in [6.45, 7) is 3.45. The number of hydrogen-bond acceptors (Lipinski definition) is 5. The van der Waals surface area contributed by atoms with Crippen molar-refractivity contribution in [1.29, 1.82) is 0 Å². The highest BCUT2D eigenvalue weighted by atomic mass is 16.5. The SMILES string of the molecule is CCc1ccccc1OCC(=O)NCc1ccccc1NC(=O)c1cccc(OC(C)=O)c1. The van der Waals surface area contributed by atoms with Crippen LogP contribution in [0.5, 0.6) is 11.5 Å². The van der Waals surface area contributed by atoms with Gasteiger partial charge in [-0.05, 0) is 47.9 Å². The zero-order chi connectivity index (χ0) is 23.6. The number of ether oxygens (including phenoxy) is 2. The second-order valence-electron chi connectivity index (χ2n) is 7.26. The van der Waals surface area contributed by atoms with Crippen LogP contribution in [-0.2, 0) is 22.6 Å². The summed E-state index contributed by atoms with van der Waals surface area (Å²) in [7, 11) is 0. The van der Waals surface area contributed by atoms with E-state index in [1.165, 1.54) is 13.0 Å². The second kappa shape index (κ2) is 11.5. The predicted octanol–water partition coefficient (Wildman–Crippen LogP) is 4.12. The quantitative estimate of drug-likeness (QED) is 0.381. The van der Waals surface area contributed by atoms with E-state index in [1.807, 2.05) is 43.3 Å². The number of rotatable bonds is 9. The van der Waals surface area contributed by atoms with Crippen molar-refractivity contribution in [2.24, 2.45) is 0 Å². The number of benzene rings is 3. The second-order valence-corrected chi connectivity index (χ2v) is 7.26. The molecule has 2 N–H and O–H groups in total. The number of carbonyl (C=O) groups is 3. The molecule has 0 saturated heterocycles. The van der Waals surface area contributed by atoms with Crippen LogP contribution in [0.3, 0.4) is 0 Å². The van der Waals surface area contributed by atoms with Gasteiger partial charge < -0.3 is 20.1 Å². The zero-order valence-corrected chi connectivity index (χ0v) is 18.6. The Bertz CT molecular complexity index is 1140. The van der Waals surface area contributed by atoms with Crippen LogP contribution in [0.15, 0.2) is 72.8 Å². The molecule has 0 saturated carbocycles. The molecule has 0 fully saturated rings. The van der Waals surface area contributed by atoms with Crippen molar-refractivity contribution >= 4 is 23.5 Å². The number of esters is 1. The Morgan fingerprint density at radius 1 is 0.879 bits per heavy atom. The van der Waals surface area contributed by atoms with Gasteiger partial charge in [-0.25, -0.2) is 0 Å². The number of aryl methyl sites for hydroxylation is 1. The van der Waals surface area contributed by atoms with Crippen LogP contribution in [0.1, 0.15) is 35.3 Å². The van der Waals surface area contributed by atoms with Crippen molar-refractivity contribution in [1.82, 2.24) is 5.32 Å². The molecule has 170 valence electrons. The van der Waals surface area contributed by atoms with E-state index in [9.17, 15) is 14.4 Å². The van der Waals surface area contributed by atoms with Gasteiger partial charge in [-0.1, -0.05) is 49.4 Å². The third kappa shape index (κ3) is 6.93. The van der Waals surface area contributed by atoms with Crippen LogP contribution in [0.4, 0.5) is 5.69 Å². The smallest absolute Gasteiger partial charge is 0.308 e. The number of para-hydroxylation sites is 2. The summed E-state index contributed by atoms with van der Waals surface area (Å²) >= 11 is 0. The number of nitrogens with one attached hydrogen (secondary N) is 2. The van der Waals surface area contributed by atoms with Crippen LogP contribution in [0.25, 0.3) is 0 Å². The first-order valence-corrected chi connectivity index (χ1v) is 10.6. The molecule has 0 aliphatic heterocycles. The van der Waals surface area contributed by atoms with E-state index in [0.717, 1.165) is 17.5 Å². The summed E-state index contributed by atoms with van der Waals surface area (Å²) in [6.07, 6.45) is 0.814. The molecule has 0 aromatic heterocycles. The number of hydrogen-bond donors (Lipinski definition) is 2. The summed E-state index contributed by atoms with van der Waals surface area (Å²) in [5.74, 6) is -0.103. The minimum Gasteiger partial charge on any atom is -0.483 e. The molecule has 0 spiro atoms. The minimum atomic E-state index is -0.462. The topological polar surface area (TPSA) is 93.7 Å². The first-order valence-electron chi connectivity index (χ1n) is 10.6. The fraction of sp³-hybridized carbons (Fsp3) is 0.192. The van der Waals surface area contributed by atoms with Crippen molar-refractivity contribution < 1.29 is 23.9 Å². The van der Waals surface area contributed by atoms with E-state index in [2.05, 4.69) is 10.6 Å². The molecule has 0 unspecified atom stereocenters. The maximum Gasteiger partial charge on any atom is 0.308 e. The Hall–Kier alpha value is -4.13. The molecule has 7 nitrogen and oxygen atoms in total. The molecule has 3 aromatic carbocycles. The summed E-state index contributed by atoms with van der Waals surface area (Å²) in [5, 5.41) is 5.66. The van der Waals surface area contributed by atoms with Gasteiger partial charge in [0.15, 0.2) is 6.61 Å². The molecule has 3 rings (SSSR count). The molecule has 0 aliphatic rings. The Balaban J connectivity index is 1.59. The van der Waals surface area contributed by atoms with E-state index >= 15 is 0 Å². The summed E-state index contributed by atoms with van der Waals surface area (Å²) in [4.78, 5) is 36.2. The van der Waals surface area contributed by atoms with E-state index < -0.39 is 5.97 Å². The minimum absolute atomic E-state index is 0.103. The number of anilines is 1. The van der Waals surface area contributed by atoms with E-state index in [1.54, 1.807) is 30.3 Å². The Morgan fingerprint density at radius 2 is 1.61 bits per heavy atom. The van der Waals surface area contributed by atoms with Crippen LogP contribution in [0.2, 0.25) is 0 Å². The van der Waals surface area contributed by atoms with Gasteiger partial charge in [0.2, 0.25) is 0 Å². The largest absolute Gasteiger partial charge is 0.483 e. The molecule has 0 bridgehead atoms. The first kappa shape index (κ1) is 23.5. The maximum atomic E-state index is 12.7. The van der Waals surface area contributed by atoms with Crippen molar-refractivity contribution in [2.45, 2.75) is 26.8 Å². The third-order valence-corrected chi connectivity index (χ3v) is 4.81. The van der Waals surface area contributed by atoms with Crippen LogP contribution in [-0.4, -0.2) is 24.4 Å². The Kier molecular flexibility index (Phi) is 8.18. The van der Waals surface area contributed by atoms with Gasteiger partial charge in [0.25, 0.3) is 11.8 Å². The third-order valence-electron chi connectivity index (χ3n) is 4.81. The first-order chi connectivity index (χ1) is 16.0. The molecule has 33 heavy (non-hydrogen) atoms. The average molecular weight is 447 g/mol. The summed E-state index contributed by atoms with van der Waals surface area (Å²) < 4.78 is 10.7. The van der Waals surface area contributed by atoms with Crippen molar-refractivity contribution in [2.75, 3.05) is 11.9 Å².